The first-order valence-corrected chi connectivity index (χ1v) is 8.11. The van der Waals surface area contributed by atoms with Crippen LogP contribution in [0.1, 0.15) is 26.7 Å². The Bertz CT molecular complexity index is 758. The minimum absolute atomic E-state index is 0.109. The van der Waals surface area contributed by atoms with Crippen molar-refractivity contribution in [3.63, 3.8) is 0 Å². The molecule has 0 amide bonds. The van der Waals surface area contributed by atoms with E-state index in [9.17, 15) is 13.2 Å². The normalized spacial score (nSPS) is 12.1. The second-order valence-electron chi connectivity index (χ2n) is 4.49. The zero-order chi connectivity index (χ0) is 14.8. The van der Waals surface area contributed by atoms with Gasteiger partial charge in [0.05, 0.1) is 10.4 Å². The Kier molecular flexibility index (Phi) is 4.29. The largest absolute Gasteiger partial charge is 0.419 e. The third kappa shape index (κ3) is 2.78. The zero-order valence-corrected chi connectivity index (χ0v) is 12.4. The molecule has 7 heteroatoms. The van der Waals surface area contributed by atoms with E-state index in [0.717, 1.165) is 12.8 Å². The van der Waals surface area contributed by atoms with E-state index in [0.29, 0.717) is 18.6 Å². The number of aryl methyl sites for hydroxylation is 1. The fourth-order valence-corrected chi connectivity index (χ4v) is 3.07. The van der Waals surface area contributed by atoms with Crippen molar-refractivity contribution in [2.24, 2.45) is 0 Å². The molecule has 0 saturated carbocycles. The number of hydrogen-bond donors (Lipinski definition) is 1. The van der Waals surface area contributed by atoms with Crippen molar-refractivity contribution in [3.8, 4) is 0 Å². The van der Waals surface area contributed by atoms with Crippen molar-refractivity contribution in [2.45, 2.75) is 38.1 Å². The lowest BCUT2D eigenvalue weighted by Gasteiger charge is -2.06. The van der Waals surface area contributed by atoms with Crippen LogP contribution in [0.25, 0.3) is 11.1 Å². The summed E-state index contributed by atoms with van der Waals surface area (Å²) < 4.78 is 33.2. The first-order chi connectivity index (χ1) is 9.49. The van der Waals surface area contributed by atoms with E-state index in [1.54, 1.807) is 6.07 Å². The SMILES string of the molecule is CCCCNS(=O)(=O)c1ccc2c(c1)oc(=O)n2CC. The Balaban J connectivity index is 2.39. The number of nitrogens with one attached hydrogen (secondary N) is 1. The van der Waals surface area contributed by atoms with Crippen LogP contribution in [-0.4, -0.2) is 19.5 Å². The van der Waals surface area contributed by atoms with Gasteiger partial charge in [-0.3, -0.25) is 4.57 Å². The average Bonchev–Trinajstić information content (AvgIpc) is 2.73. The first-order valence-electron chi connectivity index (χ1n) is 6.62. The van der Waals surface area contributed by atoms with Crippen LogP contribution in [0.2, 0.25) is 0 Å². The third-order valence-electron chi connectivity index (χ3n) is 3.09. The predicted molar refractivity (Wildman–Crippen MR) is 76.2 cm³/mol. The fourth-order valence-electron chi connectivity index (χ4n) is 1.98. The van der Waals surface area contributed by atoms with E-state index >= 15 is 0 Å². The van der Waals surface area contributed by atoms with Gasteiger partial charge in [-0.2, -0.15) is 0 Å². The van der Waals surface area contributed by atoms with E-state index in [1.165, 1.54) is 16.7 Å². The number of aromatic nitrogens is 1. The summed E-state index contributed by atoms with van der Waals surface area (Å²) in [5.74, 6) is -0.476. The van der Waals surface area contributed by atoms with Crippen LogP contribution in [0.4, 0.5) is 0 Å². The Morgan fingerprint density at radius 1 is 1.30 bits per heavy atom. The molecule has 0 spiro atoms. The van der Waals surface area contributed by atoms with Crippen molar-refractivity contribution in [3.05, 3.63) is 28.7 Å². The Morgan fingerprint density at radius 2 is 2.05 bits per heavy atom. The van der Waals surface area contributed by atoms with Crippen LogP contribution in [0.3, 0.4) is 0 Å². The van der Waals surface area contributed by atoms with E-state index in [4.69, 9.17) is 4.42 Å². The lowest BCUT2D eigenvalue weighted by Crippen LogP contribution is -2.24. The molecule has 6 nitrogen and oxygen atoms in total. The van der Waals surface area contributed by atoms with Gasteiger partial charge in [-0.25, -0.2) is 17.9 Å². The summed E-state index contributed by atoms with van der Waals surface area (Å²) in [6.07, 6.45) is 1.69. The highest BCUT2D eigenvalue weighted by atomic mass is 32.2. The number of hydrogen-bond acceptors (Lipinski definition) is 4. The summed E-state index contributed by atoms with van der Waals surface area (Å²) in [5.41, 5.74) is 0.889. The van der Waals surface area contributed by atoms with Gasteiger partial charge in [0.25, 0.3) is 0 Å². The molecule has 1 N–H and O–H groups in total. The Morgan fingerprint density at radius 3 is 2.70 bits per heavy atom. The van der Waals surface area contributed by atoms with Gasteiger partial charge in [0.1, 0.15) is 0 Å². The number of benzene rings is 1. The van der Waals surface area contributed by atoms with Gasteiger partial charge in [0.15, 0.2) is 5.58 Å². The third-order valence-corrected chi connectivity index (χ3v) is 4.55. The summed E-state index contributed by atoms with van der Waals surface area (Å²) in [5, 5.41) is 0. The second kappa shape index (κ2) is 5.80. The fraction of sp³-hybridized carbons (Fsp3) is 0.462. The predicted octanol–water partition coefficient (Wildman–Crippen LogP) is 1.69. The molecule has 2 aromatic rings. The molecule has 20 heavy (non-hydrogen) atoms. The van der Waals surface area contributed by atoms with Crippen LogP contribution < -0.4 is 10.5 Å². The molecular formula is C13H18N2O4S. The van der Waals surface area contributed by atoms with Gasteiger partial charge in [0.2, 0.25) is 10.0 Å². The molecule has 1 aromatic heterocycles. The van der Waals surface area contributed by atoms with Gasteiger partial charge in [-0.05, 0) is 25.5 Å². The number of fused-ring (bicyclic) bond motifs is 1. The van der Waals surface area contributed by atoms with Crippen LogP contribution in [0.5, 0.6) is 0 Å². The number of rotatable bonds is 6. The Hall–Kier alpha value is -1.60. The summed E-state index contributed by atoms with van der Waals surface area (Å²) in [6.45, 7) is 4.69. The summed E-state index contributed by atoms with van der Waals surface area (Å²) in [4.78, 5) is 11.7. The topological polar surface area (TPSA) is 81.3 Å². The van der Waals surface area contributed by atoms with Gasteiger partial charge in [-0.1, -0.05) is 13.3 Å². The van der Waals surface area contributed by atoms with Crippen molar-refractivity contribution < 1.29 is 12.8 Å². The molecule has 2 rings (SSSR count). The van der Waals surface area contributed by atoms with Crippen LogP contribution in [-0.2, 0) is 16.6 Å². The lowest BCUT2D eigenvalue weighted by molar-refractivity contribution is 0.512. The number of unbranched alkanes of at least 4 members (excludes halogenated alkanes) is 1. The smallest absolute Gasteiger partial charge is 0.408 e. The highest BCUT2D eigenvalue weighted by molar-refractivity contribution is 7.89. The van der Waals surface area contributed by atoms with Crippen molar-refractivity contribution in [1.29, 1.82) is 0 Å². The van der Waals surface area contributed by atoms with Crippen LogP contribution >= 0.6 is 0 Å². The van der Waals surface area contributed by atoms with E-state index in [-0.39, 0.29) is 10.5 Å². The first kappa shape index (κ1) is 14.8. The molecule has 1 aromatic carbocycles. The van der Waals surface area contributed by atoms with E-state index in [1.807, 2.05) is 13.8 Å². The molecule has 0 unspecified atom stereocenters. The minimum Gasteiger partial charge on any atom is -0.408 e. The molecule has 0 fully saturated rings. The van der Waals surface area contributed by atoms with E-state index in [2.05, 4.69) is 4.72 Å². The standard InChI is InChI=1S/C13H18N2O4S/c1-3-5-8-14-20(17,18)10-6-7-11-12(9-10)19-13(16)15(11)4-2/h6-7,9,14H,3-5,8H2,1-2H3. The van der Waals surface area contributed by atoms with Crippen molar-refractivity contribution >= 4 is 21.1 Å². The molecule has 0 radical (unpaired) electrons. The quantitative estimate of drug-likeness (QED) is 0.823. The molecule has 0 atom stereocenters. The molecular weight excluding hydrogens is 280 g/mol. The maximum absolute atomic E-state index is 12.1. The minimum atomic E-state index is -3.56. The van der Waals surface area contributed by atoms with Gasteiger partial charge in [-0.15, -0.1) is 0 Å². The summed E-state index contributed by atoms with van der Waals surface area (Å²) in [6, 6.07) is 4.47. The number of sulfonamides is 1. The van der Waals surface area contributed by atoms with Gasteiger partial charge in [0, 0.05) is 19.2 Å². The van der Waals surface area contributed by atoms with Gasteiger partial charge >= 0.3 is 5.76 Å². The van der Waals surface area contributed by atoms with Gasteiger partial charge < -0.3 is 4.42 Å². The highest BCUT2D eigenvalue weighted by Crippen LogP contribution is 2.18. The van der Waals surface area contributed by atoms with E-state index < -0.39 is 15.8 Å². The zero-order valence-electron chi connectivity index (χ0n) is 11.5. The summed E-state index contributed by atoms with van der Waals surface area (Å²) >= 11 is 0. The monoisotopic (exact) mass is 298 g/mol. The maximum Gasteiger partial charge on any atom is 0.419 e. The second-order valence-corrected chi connectivity index (χ2v) is 6.26. The van der Waals surface area contributed by atoms with Crippen molar-refractivity contribution in [2.75, 3.05) is 6.54 Å². The molecule has 0 aliphatic heterocycles. The molecule has 0 aliphatic carbocycles. The number of nitrogens with zero attached hydrogens (tertiary/aromatic N) is 1. The van der Waals surface area contributed by atoms with Crippen LogP contribution in [0, 0.1) is 0 Å². The maximum atomic E-state index is 12.1. The average molecular weight is 298 g/mol. The van der Waals surface area contributed by atoms with Crippen molar-refractivity contribution in [1.82, 2.24) is 9.29 Å². The molecule has 0 aliphatic rings. The molecule has 1 heterocycles. The highest BCUT2D eigenvalue weighted by Gasteiger charge is 2.16. The molecule has 110 valence electrons. The summed E-state index contributed by atoms with van der Waals surface area (Å²) in [7, 11) is -3.56. The molecule has 0 bridgehead atoms. The number of oxazole rings is 1. The van der Waals surface area contributed by atoms with Crippen LogP contribution in [0.15, 0.2) is 32.3 Å². The molecule has 0 saturated heterocycles. The Labute approximate surface area is 117 Å². The lowest BCUT2D eigenvalue weighted by atomic mass is 10.3.